The van der Waals surface area contributed by atoms with Crippen molar-refractivity contribution in [1.29, 1.82) is 0 Å². The Labute approximate surface area is 164 Å². The van der Waals surface area contributed by atoms with Crippen LogP contribution in [0.1, 0.15) is 19.8 Å². The van der Waals surface area contributed by atoms with Gasteiger partial charge in [-0.15, -0.1) is 0 Å². The minimum Gasteiger partial charge on any atom is -0.378 e. The Hall–Kier alpha value is -2.41. The monoisotopic (exact) mass is 386 g/mol. The molecular formula is C21H27FN4O2. The van der Waals surface area contributed by atoms with Gasteiger partial charge in [0.05, 0.1) is 0 Å². The third kappa shape index (κ3) is 3.51. The van der Waals surface area contributed by atoms with Crippen LogP contribution in [0.2, 0.25) is 0 Å². The second-order valence-electron chi connectivity index (χ2n) is 7.64. The summed E-state index contributed by atoms with van der Waals surface area (Å²) in [5.74, 6) is -0.245. The fourth-order valence-corrected chi connectivity index (χ4v) is 4.45. The summed E-state index contributed by atoms with van der Waals surface area (Å²) in [6.45, 7) is 7.78. The average Bonchev–Trinajstić information content (AvgIpc) is 3.19. The Bertz CT molecular complexity index is 883. The molecule has 150 valence electrons. The van der Waals surface area contributed by atoms with Gasteiger partial charge in [0, 0.05) is 44.5 Å². The summed E-state index contributed by atoms with van der Waals surface area (Å²) in [4.78, 5) is 31.0. The number of likely N-dealkylation sites (tertiary alicyclic amines) is 1. The number of piperazine rings is 1. The summed E-state index contributed by atoms with van der Waals surface area (Å²) in [6, 6.07) is 6.90. The fraction of sp³-hybridized carbons (Fsp3) is 0.524. The van der Waals surface area contributed by atoms with Crippen LogP contribution in [0, 0.1) is 5.82 Å². The standard InChI is InChI=1S/C21H27FN4O2/c1-2-24-9-3-4-17(24)14-23-18-19(21(28)20(18)27)26-12-10-25(11-13-26)16-7-5-15(22)6-8-16/h5-8,17,23H,2-4,9-14H2,1H3/t17-/m1/s1. The molecule has 0 spiro atoms. The molecule has 2 aliphatic rings. The maximum absolute atomic E-state index is 13.1. The number of hydrogen-bond acceptors (Lipinski definition) is 6. The van der Waals surface area contributed by atoms with E-state index in [0.29, 0.717) is 37.1 Å². The lowest BCUT2D eigenvalue weighted by molar-refractivity contribution is 0.277. The molecule has 6 nitrogen and oxygen atoms in total. The van der Waals surface area contributed by atoms with E-state index in [0.717, 1.165) is 38.3 Å². The van der Waals surface area contributed by atoms with E-state index >= 15 is 0 Å². The number of hydrogen-bond donors (Lipinski definition) is 1. The smallest absolute Gasteiger partial charge is 0.253 e. The molecule has 2 heterocycles. The molecule has 1 atom stereocenters. The summed E-state index contributed by atoms with van der Waals surface area (Å²) < 4.78 is 13.1. The van der Waals surface area contributed by atoms with E-state index in [4.69, 9.17) is 0 Å². The number of nitrogens with one attached hydrogen (secondary N) is 1. The van der Waals surface area contributed by atoms with Gasteiger partial charge in [0.2, 0.25) is 0 Å². The maximum atomic E-state index is 13.1. The molecule has 2 aliphatic heterocycles. The molecule has 0 unspecified atom stereocenters. The molecule has 0 radical (unpaired) electrons. The van der Waals surface area contributed by atoms with Crippen molar-refractivity contribution in [3.8, 4) is 0 Å². The summed E-state index contributed by atoms with van der Waals surface area (Å²) in [5.41, 5.74) is 1.24. The predicted molar refractivity (Wildman–Crippen MR) is 111 cm³/mol. The second kappa shape index (κ2) is 7.91. The molecule has 0 amide bonds. The Balaban J connectivity index is 1.39. The van der Waals surface area contributed by atoms with Gasteiger partial charge in [0.25, 0.3) is 10.9 Å². The number of halogens is 1. The van der Waals surface area contributed by atoms with Gasteiger partial charge in [0.15, 0.2) is 0 Å². The lowest BCUT2D eigenvalue weighted by Gasteiger charge is -2.38. The Morgan fingerprint density at radius 3 is 2.36 bits per heavy atom. The summed E-state index contributed by atoms with van der Waals surface area (Å²) in [5, 5.41) is 3.27. The molecular weight excluding hydrogens is 359 g/mol. The number of benzene rings is 1. The van der Waals surface area contributed by atoms with Crippen molar-refractivity contribution in [1.82, 2.24) is 4.90 Å². The third-order valence-corrected chi connectivity index (χ3v) is 6.09. The summed E-state index contributed by atoms with van der Waals surface area (Å²) in [7, 11) is 0. The zero-order chi connectivity index (χ0) is 19.7. The van der Waals surface area contributed by atoms with E-state index in [1.54, 1.807) is 12.1 Å². The number of anilines is 3. The first-order valence-corrected chi connectivity index (χ1v) is 10.1. The van der Waals surface area contributed by atoms with E-state index in [1.165, 1.54) is 18.6 Å². The first-order chi connectivity index (χ1) is 13.6. The van der Waals surface area contributed by atoms with Gasteiger partial charge in [-0.25, -0.2) is 4.39 Å². The summed E-state index contributed by atoms with van der Waals surface area (Å²) >= 11 is 0. The first-order valence-electron chi connectivity index (χ1n) is 10.1. The molecule has 0 bridgehead atoms. The van der Waals surface area contributed by atoms with Crippen LogP contribution in [-0.4, -0.2) is 56.8 Å². The van der Waals surface area contributed by atoms with E-state index < -0.39 is 5.43 Å². The molecule has 2 fully saturated rings. The Morgan fingerprint density at radius 2 is 1.68 bits per heavy atom. The lowest BCUT2D eigenvalue weighted by atomic mass is 10.1. The Kier molecular flexibility index (Phi) is 5.35. The highest BCUT2D eigenvalue weighted by atomic mass is 19.1. The normalized spacial score (nSPS) is 20.9. The largest absolute Gasteiger partial charge is 0.378 e. The van der Waals surface area contributed by atoms with Crippen LogP contribution in [0.25, 0.3) is 0 Å². The van der Waals surface area contributed by atoms with Crippen molar-refractivity contribution >= 4 is 17.1 Å². The van der Waals surface area contributed by atoms with Crippen LogP contribution in [-0.2, 0) is 0 Å². The minimum absolute atomic E-state index is 0.245. The molecule has 28 heavy (non-hydrogen) atoms. The highest BCUT2D eigenvalue weighted by Gasteiger charge is 2.30. The van der Waals surface area contributed by atoms with Crippen molar-refractivity contribution in [2.24, 2.45) is 0 Å². The van der Waals surface area contributed by atoms with E-state index in [1.807, 2.05) is 4.90 Å². The summed E-state index contributed by atoms with van der Waals surface area (Å²) in [6.07, 6.45) is 2.31. The van der Waals surface area contributed by atoms with Gasteiger partial charge in [-0.1, -0.05) is 6.92 Å². The third-order valence-electron chi connectivity index (χ3n) is 6.09. The molecule has 0 aromatic heterocycles. The van der Waals surface area contributed by atoms with Gasteiger partial charge in [-0.2, -0.15) is 0 Å². The molecule has 7 heteroatoms. The molecule has 0 aliphatic carbocycles. The molecule has 1 N–H and O–H groups in total. The van der Waals surface area contributed by atoms with Crippen LogP contribution in [0.4, 0.5) is 21.5 Å². The van der Waals surface area contributed by atoms with Crippen LogP contribution in [0.15, 0.2) is 33.9 Å². The van der Waals surface area contributed by atoms with Gasteiger partial charge < -0.3 is 15.1 Å². The topological polar surface area (TPSA) is 55.9 Å². The molecule has 4 rings (SSSR count). The molecule has 2 aromatic rings. The zero-order valence-electron chi connectivity index (χ0n) is 16.3. The first kappa shape index (κ1) is 18.9. The van der Waals surface area contributed by atoms with Gasteiger partial charge >= 0.3 is 0 Å². The fourth-order valence-electron chi connectivity index (χ4n) is 4.45. The van der Waals surface area contributed by atoms with E-state index in [9.17, 15) is 14.0 Å². The number of nitrogens with zero attached hydrogens (tertiary/aromatic N) is 3. The van der Waals surface area contributed by atoms with Crippen molar-refractivity contribution in [2.45, 2.75) is 25.8 Å². The SMILES string of the molecule is CCN1CCC[C@@H]1CNc1c(N2CCN(c3ccc(F)cc3)CC2)c(=O)c1=O. The molecule has 2 aromatic carbocycles. The van der Waals surface area contributed by atoms with Crippen molar-refractivity contribution < 1.29 is 4.39 Å². The van der Waals surface area contributed by atoms with Crippen LogP contribution < -0.4 is 26.0 Å². The number of rotatable bonds is 6. The van der Waals surface area contributed by atoms with E-state index in [-0.39, 0.29) is 11.2 Å². The van der Waals surface area contributed by atoms with Gasteiger partial charge in [-0.3, -0.25) is 14.5 Å². The highest BCUT2D eigenvalue weighted by molar-refractivity contribution is 5.75. The number of likely N-dealkylation sites (N-methyl/N-ethyl adjacent to an activating group) is 1. The Morgan fingerprint density at radius 1 is 1.00 bits per heavy atom. The predicted octanol–water partition coefficient (Wildman–Crippen LogP) is 1.64. The average molecular weight is 386 g/mol. The minimum atomic E-state index is -0.392. The van der Waals surface area contributed by atoms with Crippen LogP contribution in [0.5, 0.6) is 0 Å². The van der Waals surface area contributed by atoms with Crippen molar-refractivity contribution in [2.75, 3.05) is 60.9 Å². The van der Waals surface area contributed by atoms with Crippen LogP contribution >= 0.6 is 0 Å². The van der Waals surface area contributed by atoms with Crippen molar-refractivity contribution in [3.63, 3.8) is 0 Å². The highest BCUT2D eigenvalue weighted by Crippen LogP contribution is 2.25. The maximum Gasteiger partial charge on any atom is 0.253 e. The molecule has 2 saturated heterocycles. The van der Waals surface area contributed by atoms with Crippen LogP contribution in [0.3, 0.4) is 0 Å². The van der Waals surface area contributed by atoms with Gasteiger partial charge in [-0.05, 0) is 50.2 Å². The second-order valence-corrected chi connectivity index (χ2v) is 7.64. The van der Waals surface area contributed by atoms with Crippen molar-refractivity contribution in [3.05, 3.63) is 50.5 Å². The lowest BCUT2D eigenvalue weighted by Crippen LogP contribution is -2.52. The van der Waals surface area contributed by atoms with E-state index in [2.05, 4.69) is 22.0 Å². The molecule has 0 saturated carbocycles. The zero-order valence-corrected chi connectivity index (χ0v) is 16.3. The quantitative estimate of drug-likeness (QED) is 0.762. The van der Waals surface area contributed by atoms with Gasteiger partial charge in [0.1, 0.15) is 17.2 Å².